The summed E-state index contributed by atoms with van der Waals surface area (Å²) in [6.45, 7) is 3.87. The van der Waals surface area contributed by atoms with E-state index in [-0.39, 0.29) is 24.3 Å². The SMILES string of the molecule is Cc1cc(F)ccc1-c1sc2c(C3CCC(CC(=O)O)CC3)nccc2c1NCC(=O)C(C)(C)c1cc(C(F)(F)F)cc(C(F)(F)F)c1. The van der Waals surface area contributed by atoms with Crippen molar-refractivity contribution in [2.45, 2.75) is 76.6 Å². The van der Waals surface area contributed by atoms with E-state index < -0.39 is 58.6 Å². The zero-order valence-corrected chi connectivity index (χ0v) is 27.1. The summed E-state index contributed by atoms with van der Waals surface area (Å²) in [5.41, 5.74) is -2.56. The molecule has 0 atom stereocenters. The second kappa shape index (κ2) is 13.1. The van der Waals surface area contributed by atoms with Gasteiger partial charge in [-0.15, -0.1) is 11.3 Å². The maximum Gasteiger partial charge on any atom is 0.416 e. The molecule has 4 aromatic rings. The Morgan fingerprint density at radius 2 is 1.52 bits per heavy atom. The standard InChI is InChI=1S/C35H33F7N2O3S/c1-18-12-24(36)8-9-25(18)31-30(26-10-11-43-29(32(26)48-31)20-6-4-19(5-7-20)13-28(46)47)44-17-27(45)33(2,3)21-14-22(34(37,38)39)16-23(15-21)35(40,41)42/h8-12,14-16,19-20,44H,4-7,13,17H2,1-3H3,(H,46,47). The number of thiophene rings is 1. The minimum Gasteiger partial charge on any atom is -0.481 e. The van der Waals surface area contributed by atoms with Gasteiger partial charge in [-0.25, -0.2) is 4.39 Å². The quantitative estimate of drug-likeness (QED) is 0.171. The van der Waals surface area contributed by atoms with Crippen LogP contribution in [0.5, 0.6) is 0 Å². The van der Waals surface area contributed by atoms with Gasteiger partial charge in [-0.2, -0.15) is 26.3 Å². The number of alkyl halides is 6. The molecular weight excluding hydrogens is 661 g/mol. The van der Waals surface area contributed by atoms with Gasteiger partial charge in [-0.3, -0.25) is 14.6 Å². The Labute approximate surface area is 276 Å². The van der Waals surface area contributed by atoms with E-state index in [9.17, 15) is 45.4 Å². The van der Waals surface area contributed by atoms with Gasteiger partial charge in [0.05, 0.1) is 44.0 Å². The number of carbonyl (C=O) groups excluding carboxylic acids is 1. The molecule has 13 heteroatoms. The molecule has 1 aliphatic carbocycles. The lowest BCUT2D eigenvalue weighted by Gasteiger charge is -2.27. The minimum absolute atomic E-state index is 0.0291. The molecule has 0 amide bonds. The van der Waals surface area contributed by atoms with Crippen LogP contribution in [0.15, 0.2) is 48.7 Å². The molecule has 2 N–H and O–H groups in total. The first-order valence-electron chi connectivity index (χ1n) is 15.3. The number of rotatable bonds is 9. The highest BCUT2D eigenvalue weighted by molar-refractivity contribution is 7.23. The van der Waals surface area contributed by atoms with E-state index in [0.717, 1.165) is 36.1 Å². The maximum absolute atomic E-state index is 14.1. The van der Waals surface area contributed by atoms with Crippen LogP contribution in [0.4, 0.5) is 36.4 Å². The van der Waals surface area contributed by atoms with Gasteiger partial charge in [0.25, 0.3) is 0 Å². The molecule has 5 nitrogen and oxygen atoms in total. The lowest BCUT2D eigenvalue weighted by Crippen LogP contribution is -2.35. The van der Waals surface area contributed by atoms with Crippen molar-refractivity contribution in [1.29, 1.82) is 0 Å². The molecule has 0 saturated heterocycles. The number of halogens is 7. The Morgan fingerprint density at radius 1 is 0.917 bits per heavy atom. The average Bonchev–Trinajstić information content (AvgIpc) is 3.37. The van der Waals surface area contributed by atoms with E-state index >= 15 is 0 Å². The van der Waals surface area contributed by atoms with Gasteiger partial charge >= 0.3 is 18.3 Å². The van der Waals surface area contributed by atoms with Crippen LogP contribution in [0.3, 0.4) is 0 Å². The van der Waals surface area contributed by atoms with Gasteiger partial charge in [0.1, 0.15) is 5.82 Å². The Morgan fingerprint density at radius 3 is 2.08 bits per heavy atom. The number of carbonyl (C=O) groups is 2. The summed E-state index contributed by atoms with van der Waals surface area (Å²) in [6.07, 6.45) is -5.47. The van der Waals surface area contributed by atoms with Crippen LogP contribution in [0.25, 0.3) is 20.5 Å². The molecule has 0 radical (unpaired) electrons. The number of fused-ring (bicyclic) bond motifs is 1. The van der Waals surface area contributed by atoms with E-state index in [1.54, 1.807) is 25.3 Å². The number of ketones is 1. The number of carboxylic acid groups (broad SMARTS) is 1. The highest BCUT2D eigenvalue weighted by Gasteiger charge is 2.40. The summed E-state index contributed by atoms with van der Waals surface area (Å²) in [5.74, 6) is -1.80. The van der Waals surface area contributed by atoms with Crippen LogP contribution in [-0.4, -0.2) is 28.4 Å². The summed E-state index contributed by atoms with van der Waals surface area (Å²) in [6, 6.07) is 7.21. The second-order valence-electron chi connectivity index (χ2n) is 12.9. The molecule has 2 aromatic carbocycles. The van der Waals surface area contributed by atoms with Crippen molar-refractivity contribution in [3.05, 3.63) is 82.4 Å². The van der Waals surface area contributed by atoms with E-state index in [0.29, 0.717) is 39.2 Å². The summed E-state index contributed by atoms with van der Waals surface area (Å²) in [7, 11) is 0. The van der Waals surface area contributed by atoms with Crippen molar-refractivity contribution in [3.63, 3.8) is 0 Å². The number of carboxylic acids is 1. The molecule has 0 spiro atoms. The lowest BCUT2D eigenvalue weighted by atomic mass is 9.79. The van der Waals surface area contributed by atoms with Crippen molar-refractivity contribution < 1.29 is 45.4 Å². The number of hydrogen-bond donors (Lipinski definition) is 2. The number of nitrogens with zero attached hydrogens (tertiary/aromatic N) is 1. The lowest BCUT2D eigenvalue weighted by molar-refractivity contribution is -0.143. The molecule has 0 unspecified atom stereocenters. The van der Waals surface area contributed by atoms with E-state index in [2.05, 4.69) is 10.3 Å². The molecule has 1 saturated carbocycles. The Hall–Kier alpha value is -4.00. The third kappa shape index (κ3) is 7.35. The van der Waals surface area contributed by atoms with Gasteiger partial charge in [0, 0.05) is 23.9 Å². The van der Waals surface area contributed by atoms with E-state index in [1.807, 2.05) is 0 Å². The Balaban J connectivity index is 1.52. The fourth-order valence-corrected chi connectivity index (χ4v) is 7.77. The number of pyridine rings is 1. The Bertz CT molecular complexity index is 1820. The smallest absolute Gasteiger partial charge is 0.416 e. The fourth-order valence-electron chi connectivity index (χ4n) is 6.34. The number of nitrogens with one attached hydrogen (secondary N) is 1. The van der Waals surface area contributed by atoms with Crippen LogP contribution >= 0.6 is 11.3 Å². The molecular formula is C35H33F7N2O3S. The maximum atomic E-state index is 14.1. The van der Waals surface area contributed by atoms with Gasteiger partial charge in [-0.05, 0) is 105 Å². The number of benzene rings is 2. The number of aromatic nitrogens is 1. The van der Waals surface area contributed by atoms with E-state index in [4.69, 9.17) is 0 Å². The molecule has 1 aliphatic rings. The van der Waals surface area contributed by atoms with Crippen LogP contribution in [0.2, 0.25) is 0 Å². The molecule has 2 heterocycles. The summed E-state index contributed by atoms with van der Waals surface area (Å²) in [4.78, 5) is 30.3. The molecule has 48 heavy (non-hydrogen) atoms. The third-order valence-electron chi connectivity index (χ3n) is 9.19. The van der Waals surface area contributed by atoms with Crippen molar-refractivity contribution in [1.82, 2.24) is 4.98 Å². The van der Waals surface area contributed by atoms with Gasteiger partial charge in [0.15, 0.2) is 5.78 Å². The summed E-state index contributed by atoms with van der Waals surface area (Å²) < 4.78 is 96.5. The van der Waals surface area contributed by atoms with Crippen molar-refractivity contribution in [2.24, 2.45) is 5.92 Å². The second-order valence-corrected chi connectivity index (χ2v) is 13.9. The summed E-state index contributed by atoms with van der Waals surface area (Å²) >= 11 is 1.39. The van der Waals surface area contributed by atoms with Crippen molar-refractivity contribution in [3.8, 4) is 10.4 Å². The minimum atomic E-state index is -5.06. The number of Topliss-reactive ketones (excluding diaryl/α,β-unsaturated/α-hetero) is 1. The zero-order chi connectivity index (χ0) is 35.2. The van der Waals surface area contributed by atoms with Crippen LogP contribution in [0, 0.1) is 18.7 Å². The normalized spacial score (nSPS) is 17.5. The Kier molecular flexibility index (Phi) is 9.66. The highest BCUT2D eigenvalue weighted by atomic mass is 32.1. The predicted molar refractivity (Wildman–Crippen MR) is 170 cm³/mol. The third-order valence-corrected chi connectivity index (χ3v) is 10.5. The van der Waals surface area contributed by atoms with Crippen molar-refractivity contribution in [2.75, 3.05) is 11.9 Å². The van der Waals surface area contributed by atoms with Gasteiger partial charge in [0.2, 0.25) is 0 Å². The first kappa shape index (κ1) is 35.3. The monoisotopic (exact) mass is 694 g/mol. The fraction of sp³-hybridized carbons (Fsp3) is 0.400. The van der Waals surface area contributed by atoms with Crippen molar-refractivity contribution >= 4 is 38.9 Å². The van der Waals surface area contributed by atoms with Crippen LogP contribution in [0.1, 0.15) is 79.8 Å². The predicted octanol–water partition coefficient (Wildman–Crippen LogP) is 10.2. The summed E-state index contributed by atoms with van der Waals surface area (Å²) in [5, 5.41) is 13.0. The van der Waals surface area contributed by atoms with Crippen LogP contribution < -0.4 is 5.32 Å². The zero-order valence-electron chi connectivity index (χ0n) is 26.3. The number of anilines is 1. The number of aliphatic carboxylic acids is 1. The number of hydrogen-bond acceptors (Lipinski definition) is 5. The molecule has 0 bridgehead atoms. The van der Waals surface area contributed by atoms with Gasteiger partial charge in [-0.1, -0.05) is 6.07 Å². The van der Waals surface area contributed by atoms with Gasteiger partial charge < -0.3 is 10.4 Å². The molecule has 0 aliphatic heterocycles. The molecule has 5 rings (SSSR count). The molecule has 1 fully saturated rings. The average molecular weight is 695 g/mol. The topological polar surface area (TPSA) is 79.3 Å². The first-order valence-corrected chi connectivity index (χ1v) is 16.1. The molecule has 256 valence electrons. The molecule has 2 aromatic heterocycles. The highest BCUT2D eigenvalue weighted by Crippen LogP contribution is 2.48. The van der Waals surface area contributed by atoms with Crippen LogP contribution in [-0.2, 0) is 27.4 Å². The van der Waals surface area contributed by atoms with E-state index in [1.165, 1.54) is 37.3 Å². The number of aryl methyl sites for hydroxylation is 1. The largest absolute Gasteiger partial charge is 0.481 e. The first-order chi connectivity index (χ1) is 22.4.